The molecule has 5 heteroatoms. The normalized spacial score (nSPS) is 10.9. The van der Waals surface area contributed by atoms with Crippen LogP contribution >= 0.6 is 31.9 Å². The maximum atomic E-state index is 11.7. The highest BCUT2D eigenvalue weighted by molar-refractivity contribution is 9.10. The molecular formula is C17H11Br2NO2. The molecule has 0 atom stereocenters. The standard InChI is InChI=1S/C17H11Br2NO2/c1-9-15(17(21)22)13-8-12(19)6-7-14(13)20-16(9)10-2-4-11(18)5-3-10/h2-8H,1H3,(H,21,22). The lowest BCUT2D eigenvalue weighted by molar-refractivity contribution is 0.0698. The number of aromatic nitrogens is 1. The maximum absolute atomic E-state index is 11.7. The van der Waals surface area contributed by atoms with Crippen molar-refractivity contribution in [2.24, 2.45) is 0 Å². The largest absolute Gasteiger partial charge is 0.478 e. The van der Waals surface area contributed by atoms with Crippen LogP contribution in [0.5, 0.6) is 0 Å². The Balaban J connectivity index is 2.37. The predicted octanol–water partition coefficient (Wildman–Crippen LogP) is 5.43. The lowest BCUT2D eigenvalue weighted by Crippen LogP contribution is -2.05. The van der Waals surface area contributed by atoms with E-state index in [2.05, 4.69) is 36.8 Å². The Morgan fingerprint density at radius 1 is 1.05 bits per heavy atom. The lowest BCUT2D eigenvalue weighted by atomic mass is 9.98. The number of benzene rings is 2. The van der Waals surface area contributed by atoms with E-state index in [1.165, 1.54) is 0 Å². The number of carboxylic acid groups (broad SMARTS) is 1. The van der Waals surface area contributed by atoms with Gasteiger partial charge in [0, 0.05) is 19.9 Å². The third-order valence-corrected chi connectivity index (χ3v) is 4.54. The van der Waals surface area contributed by atoms with Crippen molar-refractivity contribution in [3.05, 3.63) is 62.5 Å². The number of rotatable bonds is 2. The second kappa shape index (κ2) is 5.82. The van der Waals surface area contributed by atoms with E-state index < -0.39 is 5.97 Å². The van der Waals surface area contributed by atoms with Gasteiger partial charge in [-0.25, -0.2) is 9.78 Å². The number of carboxylic acids is 1. The Kier molecular flexibility index (Phi) is 4.02. The Bertz CT molecular complexity index is 889. The van der Waals surface area contributed by atoms with E-state index in [1.807, 2.05) is 36.4 Å². The summed E-state index contributed by atoms with van der Waals surface area (Å²) in [6.07, 6.45) is 0. The van der Waals surface area contributed by atoms with Gasteiger partial charge in [0.2, 0.25) is 0 Å². The number of carbonyl (C=O) groups is 1. The molecule has 0 aliphatic heterocycles. The summed E-state index contributed by atoms with van der Waals surface area (Å²) in [6.45, 7) is 1.80. The summed E-state index contributed by atoms with van der Waals surface area (Å²) in [7, 11) is 0. The number of hydrogen-bond acceptors (Lipinski definition) is 2. The van der Waals surface area contributed by atoms with Gasteiger partial charge in [-0.2, -0.15) is 0 Å². The van der Waals surface area contributed by atoms with Crippen LogP contribution in [0.25, 0.3) is 22.2 Å². The van der Waals surface area contributed by atoms with Crippen LogP contribution in [-0.4, -0.2) is 16.1 Å². The van der Waals surface area contributed by atoms with Gasteiger partial charge in [0.25, 0.3) is 0 Å². The summed E-state index contributed by atoms with van der Waals surface area (Å²) in [6, 6.07) is 13.2. The second-order valence-electron chi connectivity index (χ2n) is 4.93. The summed E-state index contributed by atoms with van der Waals surface area (Å²) in [5.41, 5.74) is 3.22. The number of nitrogens with zero attached hydrogens (tertiary/aromatic N) is 1. The van der Waals surface area contributed by atoms with Gasteiger partial charge in [-0.1, -0.05) is 44.0 Å². The van der Waals surface area contributed by atoms with E-state index in [9.17, 15) is 9.90 Å². The van der Waals surface area contributed by atoms with Gasteiger partial charge in [0.1, 0.15) is 0 Å². The molecule has 0 saturated carbocycles. The minimum absolute atomic E-state index is 0.296. The fourth-order valence-electron chi connectivity index (χ4n) is 2.50. The molecule has 0 aliphatic rings. The third-order valence-electron chi connectivity index (χ3n) is 3.52. The van der Waals surface area contributed by atoms with Gasteiger partial charge >= 0.3 is 5.97 Å². The van der Waals surface area contributed by atoms with Crippen LogP contribution in [0.3, 0.4) is 0 Å². The van der Waals surface area contributed by atoms with Gasteiger partial charge < -0.3 is 5.11 Å². The molecular weight excluding hydrogens is 410 g/mol. The SMILES string of the molecule is Cc1c(-c2ccc(Br)cc2)nc2ccc(Br)cc2c1C(=O)O. The molecule has 3 rings (SSSR count). The number of fused-ring (bicyclic) bond motifs is 1. The van der Waals surface area contributed by atoms with Crippen molar-refractivity contribution in [2.75, 3.05) is 0 Å². The zero-order valence-corrected chi connectivity index (χ0v) is 14.8. The molecule has 0 bridgehead atoms. The maximum Gasteiger partial charge on any atom is 0.336 e. The van der Waals surface area contributed by atoms with Gasteiger partial charge in [-0.15, -0.1) is 0 Å². The first-order valence-electron chi connectivity index (χ1n) is 6.56. The minimum Gasteiger partial charge on any atom is -0.478 e. The summed E-state index contributed by atoms with van der Waals surface area (Å²) in [5, 5.41) is 10.3. The van der Waals surface area contributed by atoms with Crippen molar-refractivity contribution in [1.29, 1.82) is 0 Å². The van der Waals surface area contributed by atoms with E-state index in [1.54, 1.807) is 13.0 Å². The number of halogens is 2. The summed E-state index contributed by atoms with van der Waals surface area (Å²) < 4.78 is 1.80. The summed E-state index contributed by atoms with van der Waals surface area (Å²) >= 11 is 6.79. The van der Waals surface area contributed by atoms with Crippen LogP contribution < -0.4 is 0 Å². The highest BCUT2D eigenvalue weighted by Gasteiger charge is 2.18. The smallest absolute Gasteiger partial charge is 0.336 e. The van der Waals surface area contributed by atoms with Crippen molar-refractivity contribution in [3.63, 3.8) is 0 Å². The molecule has 3 aromatic rings. The molecule has 0 aliphatic carbocycles. The van der Waals surface area contributed by atoms with E-state index in [4.69, 9.17) is 0 Å². The zero-order chi connectivity index (χ0) is 15.9. The Morgan fingerprint density at radius 3 is 2.32 bits per heavy atom. The highest BCUT2D eigenvalue weighted by Crippen LogP contribution is 2.31. The van der Waals surface area contributed by atoms with Crippen LogP contribution in [0.1, 0.15) is 15.9 Å². The van der Waals surface area contributed by atoms with Gasteiger partial charge in [-0.3, -0.25) is 0 Å². The van der Waals surface area contributed by atoms with E-state index in [0.717, 1.165) is 14.5 Å². The molecule has 0 unspecified atom stereocenters. The molecule has 1 heterocycles. The average Bonchev–Trinajstić information content (AvgIpc) is 2.47. The van der Waals surface area contributed by atoms with Crippen molar-refractivity contribution >= 4 is 48.7 Å². The van der Waals surface area contributed by atoms with Crippen LogP contribution in [0.2, 0.25) is 0 Å². The fourth-order valence-corrected chi connectivity index (χ4v) is 3.12. The fraction of sp³-hybridized carbons (Fsp3) is 0.0588. The predicted molar refractivity (Wildman–Crippen MR) is 94.3 cm³/mol. The molecule has 0 saturated heterocycles. The Hall–Kier alpha value is -1.72. The Morgan fingerprint density at radius 2 is 1.68 bits per heavy atom. The molecule has 3 nitrogen and oxygen atoms in total. The van der Waals surface area contributed by atoms with Crippen LogP contribution in [0, 0.1) is 6.92 Å². The van der Waals surface area contributed by atoms with Crippen LogP contribution in [0.15, 0.2) is 51.4 Å². The van der Waals surface area contributed by atoms with E-state index >= 15 is 0 Å². The number of pyridine rings is 1. The van der Waals surface area contributed by atoms with Gasteiger partial charge in [-0.05, 0) is 42.8 Å². The molecule has 2 aromatic carbocycles. The van der Waals surface area contributed by atoms with Crippen molar-refractivity contribution in [2.45, 2.75) is 6.92 Å². The molecule has 110 valence electrons. The first kappa shape index (κ1) is 15.2. The van der Waals surface area contributed by atoms with Crippen molar-refractivity contribution in [1.82, 2.24) is 4.98 Å². The zero-order valence-electron chi connectivity index (χ0n) is 11.6. The third kappa shape index (κ3) is 2.66. The van der Waals surface area contributed by atoms with Crippen molar-refractivity contribution < 1.29 is 9.90 Å². The van der Waals surface area contributed by atoms with E-state index in [-0.39, 0.29) is 0 Å². The second-order valence-corrected chi connectivity index (χ2v) is 6.77. The lowest BCUT2D eigenvalue weighted by Gasteiger charge is -2.12. The monoisotopic (exact) mass is 419 g/mol. The highest BCUT2D eigenvalue weighted by atomic mass is 79.9. The average molecular weight is 421 g/mol. The van der Waals surface area contributed by atoms with Crippen LogP contribution in [-0.2, 0) is 0 Å². The molecule has 0 amide bonds. The first-order chi connectivity index (χ1) is 10.5. The molecule has 0 spiro atoms. The first-order valence-corrected chi connectivity index (χ1v) is 8.15. The quantitative estimate of drug-likeness (QED) is 0.600. The van der Waals surface area contributed by atoms with Crippen molar-refractivity contribution in [3.8, 4) is 11.3 Å². The Labute approximate surface area is 144 Å². The molecule has 1 aromatic heterocycles. The topological polar surface area (TPSA) is 50.2 Å². The molecule has 0 radical (unpaired) electrons. The molecule has 0 fully saturated rings. The summed E-state index contributed by atoms with van der Waals surface area (Å²) in [5.74, 6) is -0.943. The summed E-state index contributed by atoms with van der Waals surface area (Å²) in [4.78, 5) is 16.4. The van der Waals surface area contributed by atoms with Gasteiger partial charge in [0.05, 0.1) is 16.8 Å². The molecule has 1 N–H and O–H groups in total. The van der Waals surface area contributed by atoms with E-state index in [0.29, 0.717) is 27.7 Å². The number of aromatic carboxylic acids is 1. The minimum atomic E-state index is -0.943. The van der Waals surface area contributed by atoms with Gasteiger partial charge in [0.15, 0.2) is 0 Å². The number of hydrogen-bond donors (Lipinski definition) is 1. The van der Waals surface area contributed by atoms with Crippen LogP contribution in [0.4, 0.5) is 0 Å². The molecule has 22 heavy (non-hydrogen) atoms.